The van der Waals surface area contributed by atoms with Gasteiger partial charge in [0.25, 0.3) is 0 Å². The molecule has 1 aliphatic rings. The second-order valence-electron chi connectivity index (χ2n) is 4.14. The van der Waals surface area contributed by atoms with Crippen LogP contribution in [0.3, 0.4) is 0 Å². The molecule has 17 heavy (non-hydrogen) atoms. The maximum atomic E-state index is 4.22. The Bertz CT molecular complexity index is 523. The van der Waals surface area contributed by atoms with Gasteiger partial charge >= 0.3 is 0 Å². The summed E-state index contributed by atoms with van der Waals surface area (Å²) in [6.07, 6.45) is 3.06. The fourth-order valence-corrected chi connectivity index (χ4v) is 2.51. The van der Waals surface area contributed by atoms with Gasteiger partial charge in [-0.3, -0.25) is 0 Å². The molecule has 0 saturated carbocycles. The molecule has 2 aromatic rings. The minimum atomic E-state index is 0.299. The van der Waals surface area contributed by atoms with Crippen LogP contribution >= 0.6 is 15.9 Å². The lowest BCUT2D eigenvalue weighted by molar-refractivity contribution is 0.477. The van der Waals surface area contributed by atoms with E-state index in [4.69, 9.17) is 0 Å². The molecule has 0 bridgehead atoms. The molecule has 1 atom stereocenters. The van der Waals surface area contributed by atoms with Gasteiger partial charge in [0.2, 0.25) is 0 Å². The predicted octanol–water partition coefficient (Wildman–Crippen LogP) is 2.58. The molecule has 3 rings (SSSR count). The Kier molecular flexibility index (Phi) is 2.84. The maximum absolute atomic E-state index is 4.22. The van der Waals surface area contributed by atoms with Crippen LogP contribution in [0.2, 0.25) is 0 Å². The summed E-state index contributed by atoms with van der Waals surface area (Å²) in [5, 5.41) is 12.5. The van der Waals surface area contributed by atoms with Gasteiger partial charge in [0.15, 0.2) is 0 Å². The molecule has 0 aliphatic carbocycles. The standard InChI is InChI=1S/C12H13BrN4/c13-7-9-8-17(16-15-9)12-5-6-14-11-4-2-1-3-10(11)12/h1-4,8,12,14H,5-7H2. The van der Waals surface area contributed by atoms with Gasteiger partial charge in [-0.15, -0.1) is 5.10 Å². The van der Waals surface area contributed by atoms with Crippen LogP contribution in [0.1, 0.15) is 23.7 Å². The van der Waals surface area contributed by atoms with Gasteiger partial charge in [-0.25, -0.2) is 4.68 Å². The number of nitrogens with one attached hydrogen (secondary N) is 1. The quantitative estimate of drug-likeness (QED) is 0.865. The first-order chi connectivity index (χ1) is 8.38. The topological polar surface area (TPSA) is 42.7 Å². The third-order valence-corrected chi connectivity index (χ3v) is 3.64. The minimum Gasteiger partial charge on any atom is -0.385 e. The molecular formula is C12H13BrN4. The van der Waals surface area contributed by atoms with Gasteiger partial charge in [0.05, 0.1) is 17.9 Å². The number of hydrogen-bond acceptors (Lipinski definition) is 3. The predicted molar refractivity (Wildman–Crippen MR) is 70.3 cm³/mol. The zero-order chi connectivity index (χ0) is 11.7. The molecule has 1 unspecified atom stereocenters. The largest absolute Gasteiger partial charge is 0.385 e. The van der Waals surface area contributed by atoms with E-state index in [-0.39, 0.29) is 0 Å². The van der Waals surface area contributed by atoms with Crippen molar-refractivity contribution in [1.82, 2.24) is 15.0 Å². The van der Waals surface area contributed by atoms with E-state index in [1.165, 1.54) is 11.3 Å². The van der Waals surface area contributed by atoms with Crippen molar-refractivity contribution < 1.29 is 0 Å². The van der Waals surface area contributed by atoms with Crippen LogP contribution in [-0.4, -0.2) is 21.5 Å². The lowest BCUT2D eigenvalue weighted by Crippen LogP contribution is -2.22. The smallest absolute Gasteiger partial charge is 0.0932 e. The van der Waals surface area contributed by atoms with Crippen LogP contribution in [0.15, 0.2) is 30.5 Å². The van der Waals surface area contributed by atoms with Crippen molar-refractivity contribution in [3.05, 3.63) is 41.7 Å². The Labute approximate surface area is 108 Å². The molecule has 0 amide bonds. The number of halogens is 1. The van der Waals surface area contributed by atoms with Crippen molar-refractivity contribution in [2.75, 3.05) is 11.9 Å². The third kappa shape index (κ3) is 1.95. The lowest BCUT2D eigenvalue weighted by Gasteiger charge is -2.26. The number of aromatic nitrogens is 3. The Balaban J connectivity index is 1.99. The normalized spacial score (nSPS) is 18.5. The van der Waals surface area contributed by atoms with Crippen LogP contribution in [0, 0.1) is 0 Å². The summed E-state index contributed by atoms with van der Waals surface area (Å²) in [5.41, 5.74) is 3.48. The SMILES string of the molecule is BrCc1cn(C2CCNc3ccccc32)nn1. The number of nitrogens with zero attached hydrogens (tertiary/aromatic N) is 3. The van der Waals surface area contributed by atoms with Gasteiger partial charge < -0.3 is 5.32 Å². The monoisotopic (exact) mass is 292 g/mol. The molecule has 0 fully saturated rings. The zero-order valence-electron chi connectivity index (χ0n) is 9.31. The molecule has 1 N–H and O–H groups in total. The van der Waals surface area contributed by atoms with E-state index in [9.17, 15) is 0 Å². The van der Waals surface area contributed by atoms with Gasteiger partial charge in [-0.2, -0.15) is 0 Å². The van der Waals surface area contributed by atoms with Gasteiger partial charge in [-0.1, -0.05) is 39.3 Å². The Morgan fingerprint density at radius 1 is 1.41 bits per heavy atom. The Morgan fingerprint density at radius 2 is 2.29 bits per heavy atom. The van der Waals surface area contributed by atoms with Crippen LogP contribution < -0.4 is 5.32 Å². The number of hydrogen-bond donors (Lipinski definition) is 1. The molecule has 0 spiro atoms. The molecule has 0 radical (unpaired) electrons. The molecule has 4 nitrogen and oxygen atoms in total. The summed E-state index contributed by atoms with van der Waals surface area (Å²) in [5.74, 6) is 0. The maximum Gasteiger partial charge on any atom is 0.0932 e. The summed E-state index contributed by atoms with van der Waals surface area (Å²) in [4.78, 5) is 0. The number of anilines is 1. The van der Waals surface area contributed by atoms with Crippen LogP contribution in [0.25, 0.3) is 0 Å². The van der Waals surface area contributed by atoms with Gasteiger partial charge in [0, 0.05) is 17.6 Å². The van der Waals surface area contributed by atoms with E-state index in [1.54, 1.807) is 0 Å². The highest BCUT2D eigenvalue weighted by molar-refractivity contribution is 9.08. The summed E-state index contributed by atoms with van der Waals surface area (Å²) in [7, 11) is 0. The third-order valence-electron chi connectivity index (χ3n) is 3.07. The summed E-state index contributed by atoms with van der Waals surface area (Å²) in [6.45, 7) is 0.977. The van der Waals surface area contributed by atoms with Crippen molar-refractivity contribution in [2.24, 2.45) is 0 Å². The highest BCUT2D eigenvalue weighted by atomic mass is 79.9. The summed E-state index contributed by atoms with van der Waals surface area (Å²) in [6, 6.07) is 8.69. The molecule has 1 aromatic carbocycles. The summed E-state index contributed by atoms with van der Waals surface area (Å²) >= 11 is 3.40. The van der Waals surface area contributed by atoms with Crippen molar-refractivity contribution in [3.8, 4) is 0 Å². The van der Waals surface area contributed by atoms with Crippen LogP contribution in [0.4, 0.5) is 5.69 Å². The van der Waals surface area contributed by atoms with E-state index in [1.807, 2.05) is 10.9 Å². The average molecular weight is 293 g/mol. The van der Waals surface area contributed by atoms with Crippen molar-refractivity contribution in [3.63, 3.8) is 0 Å². The molecule has 5 heteroatoms. The first-order valence-electron chi connectivity index (χ1n) is 5.68. The summed E-state index contributed by atoms with van der Waals surface area (Å²) < 4.78 is 1.97. The molecule has 88 valence electrons. The lowest BCUT2D eigenvalue weighted by atomic mass is 9.98. The average Bonchev–Trinajstić information content (AvgIpc) is 2.87. The fraction of sp³-hybridized carbons (Fsp3) is 0.333. The molecular weight excluding hydrogens is 280 g/mol. The Hall–Kier alpha value is -1.36. The van der Waals surface area contributed by atoms with E-state index in [0.717, 1.165) is 24.0 Å². The molecule has 1 aliphatic heterocycles. The number of para-hydroxylation sites is 1. The second kappa shape index (κ2) is 4.49. The number of benzene rings is 1. The minimum absolute atomic E-state index is 0.299. The molecule has 0 saturated heterocycles. The highest BCUT2D eigenvalue weighted by Crippen LogP contribution is 2.31. The van der Waals surface area contributed by atoms with E-state index >= 15 is 0 Å². The van der Waals surface area contributed by atoms with Crippen molar-refractivity contribution >= 4 is 21.6 Å². The number of alkyl halides is 1. The van der Waals surface area contributed by atoms with E-state index in [0.29, 0.717) is 6.04 Å². The first kappa shape index (κ1) is 10.8. The second-order valence-corrected chi connectivity index (χ2v) is 4.70. The van der Waals surface area contributed by atoms with E-state index in [2.05, 4.69) is 55.8 Å². The van der Waals surface area contributed by atoms with Gasteiger partial charge in [0.1, 0.15) is 0 Å². The molecule has 1 aromatic heterocycles. The highest BCUT2D eigenvalue weighted by Gasteiger charge is 2.21. The zero-order valence-corrected chi connectivity index (χ0v) is 10.9. The Morgan fingerprint density at radius 3 is 3.12 bits per heavy atom. The van der Waals surface area contributed by atoms with Crippen molar-refractivity contribution in [1.29, 1.82) is 0 Å². The van der Waals surface area contributed by atoms with Crippen LogP contribution in [-0.2, 0) is 5.33 Å². The number of fused-ring (bicyclic) bond motifs is 1. The fourth-order valence-electron chi connectivity index (χ4n) is 2.25. The van der Waals surface area contributed by atoms with Crippen molar-refractivity contribution in [2.45, 2.75) is 17.8 Å². The first-order valence-corrected chi connectivity index (χ1v) is 6.80. The van der Waals surface area contributed by atoms with Crippen LogP contribution in [0.5, 0.6) is 0 Å². The number of rotatable bonds is 2. The van der Waals surface area contributed by atoms with E-state index < -0.39 is 0 Å². The molecule has 2 heterocycles. The van der Waals surface area contributed by atoms with Gasteiger partial charge in [-0.05, 0) is 18.1 Å².